The van der Waals surface area contributed by atoms with E-state index >= 15 is 0 Å². The van der Waals surface area contributed by atoms with Gasteiger partial charge in [-0.3, -0.25) is 9.69 Å². The van der Waals surface area contributed by atoms with Crippen molar-refractivity contribution in [3.05, 3.63) is 36.2 Å². The Hall–Kier alpha value is -2.18. The van der Waals surface area contributed by atoms with Gasteiger partial charge in [0.1, 0.15) is 11.9 Å². The smallest absolute Gasteiger partial charge is 0.254 e. The van der Waals surface area contributed by atoms with E-state index in [9.17, 15) is 4.79 Å². The minimum Gasteiger partial charge on any atom is -0.441 e. The molecule has 0 spiro atoms. The van der Waals surface area contributed by atoms with Crippen molar-refractivity contribution in [3.8, 4) is 11.5 Å². The summed E-state index contributed by atoms with van der Waals surface area (Å²) >= 11 is 0. The van der Waals surface area contributed by atoms with Crippen LogP contribution in [0.4, 0.5) is 5.69 Å². The molecule has 1 fully saturated rings. The molecule has 1 aromatic carbocycles. The average molecular weight is 343 g/mol. The number of ether oxygens (including phenoxy) is 1. The lowest BCUT2D eigenvalue weighted by atomic mass is 10.2. The monoisotopic (exact) mass is 343 g/mol. The minimum atomic E-state index is -0.422. The van der Waals surface area contributed by atoms with Crippen molar-refractivity contribution in [2.75, 3.05) is 31.6 Å². The van der Waals surface area contributed by atoms with Crippen LogP contribution >= 0.6 is 0 Å². The maximum Gasteiger partial charge on any atom is 0.254 e. The molecular formula is C19H25N3O3. The number of aromatic nitrogens is 1. The fraction of sp³-hybridized carbons (Fsp3) is 0.474. The molecule has 25 heavy (non-hydrogen) atoms. The molecule has 1 amide bonds. The minimum absolute atomic E-state index is 0.107. The molecule has 1 aliphatic rings. The molecule has 1 saturated heterocycles. The molecule has 2 heterocycles. The Labute approximate surface area is 148 Å². The second kappa shape index (κ2) is 7.80. The van der Waals surface area contributed by atoms with E-state index in [1.165, 1.54) is 0 Å². The number of rotatable bonds is 5. The van der Waals surface area contributed by atoms with Crippen molar-refractivity contribution < 1.29 is 13.9 Å². The number of benzene rings is 1. The highest BCUT2D eigenvalue weighted by atomic mass is 16.5. The number of hydrogen-bond acceptors (Lipinski definition) is 5. The summed E-state index contributed by atoms with van der Waals surface area (Å²) in [4.78, 5) is 18.9. The van der Waals surface area contributed by atoms with Crippen LogP contribution in [-0.2, 0) is 9.53 Å². The van der Waals surface area contributed by atoms with Gasteiger partial charge in [-0.15, -0.1) is 0 Å². The van der Waals surface area contributed by atoms with E-state index in [4.69, 9.17) is 9.15 Å². The number of likely N-dealkylation sites (N-methyl/N-ethyl adjacent to an activating group) is 1. The van der Waals surface area contributed by atoms with Crippen molar-refractivity contribution >= 4 is 11.6 Å². The van der Waals surface area contributed by atoms with Crippen molar-refractivity contribution in [1.82, 2.24) is 9.88 Å². The summed E-state index contributed by atoms with van der Waals surface area (Å²) in [5, 5.41) is 2.92. The van der Waals surface area contributed by atoms with Crippen LogP contribution in [0.1, 0.15) is 32.4 Å². The van der Waals surface area contributed by atoms with Gasteiger partial charge in [-0.05, 0) is 30.8 Å². The third kappa shape index (κ3) is 4.27. The van der Waals surface area contributed by atoms with E-state index in [0.717, 1.165) is 30.1 Å². The van der Waals surface area contributed by atoms with Crippen LogP contribution in [0, 0.1) is 0 Å². The van der Waals surface area contributed by atoms with Gasteiger partial charge >= 0.3 is 0 Å². The summed E-state index contributed by atoms with van der Waals surface area (Å²) < 4.78 is 11.3. The third-order valence-electron chi connectivity index (χ3n) is 4.38. The van der Waals surface area contributed by atoms with Crippen LogP contribution in [0.5, 0.6) is 0 Å². The van der Waals surface area contributed by atoms with E-state index < -0.39 is 6.10 Å². The molecule has 1 aromatic heterocycles. The van der Waals surface area contributed by atoms with Crippen molar-refractivity contribution in [2.45, 2.75) is 32.8 Å². The Kier molecular flexibility index (Phi) is 5.50. The number of hydrogen-bond donors (Lipinski definition) is 1. The second-order valence-electron chi connectivity index (χ2n) is 6.54. The molecule has 2 aromatic rings. The van der Waals surface area contributed by atoms with Crippen molar-refractivity contribution in [3.63, 3.8) is 0 Å². The first kappa shape index (κ1) is 17.6. The first-order valence-corrected chi connectivity index (χ1v) is 8.77. The van der Waals surface area contributed by atoms with Crippen LogP contribution < -0.4 is 5.32 Å². The zero-order chi connectivity index (χ0) is 17.8. The van der Waals surface area contributed by atoms with Gasteiger partial charge in [0.25, 0.3) is 5.91 Å². The molecule has 0 aliphatic carbocycles. The van der Waals surface area contributed by atoms with Crippen molar-refractivity contribution in [1.29, 1.82) is 0 Å². The predicted octanol–water partition coefficient (Wildman–Crippen LogP) is 3.12. The molecule has 6 nitrogen and oxygen atoms in total. The Morgan fingerprint density at radius 3 is 2.76 bits per heavy atom. The number of nitrogens with zero attached hydrogens (tertiary/aromatic N) is 2. The Morgan fingerprint density at radius 2 is 2.12 bits per heavy atom. The number of carbonyl (C=O) groups excluding carboxylic acids is 1. The SMILES string of the molecule is CCN1CCO[C@@H](C(=O)Nc2ccc(-c3ncc(C(C)C)o3)cc2)C1. The summed E-state index contributed by atoms with van der Waals surface area (Å²) in [6, 6.07) is 7.50. The molecule has 134 valence electrons. The first-order valence-electron chi connectivity index (χ1n) is 8.77. The van der Waals surface area contributed by atoms with E-state index in [-0.39, 0.29) is 5.91 Å². The Bertz CT molecular complexity index is 709. The van der Waals surface area contributed by atoms with Crippen molar-refractivity contribution in [2.24, 2.45) is 0 Å². The molecule has 0 unspecified atom stereocenters. The van der Waals surface area contributed by atoms with E-state index in [1.54, 1.807) is 6.20 Å². The van der Waals surface area contributed by atoms with E-state index in [1.807, 2.05) is 24.3 Å². The van der Waals surface area contributed by atoms with Crippen LogP contribution in [0.25, 0.3) is 11.5 Å². The maximum absolute atomic E-state index is 12.4. The van der Waals surface area contributed by atoms with Gasteiger partial charge in [-0.2, -0.15) is 0 Å². The molecule has 1 atom stereocenters. The predicted molar refractivity (Wildman–Crippen MR) is 96.5 cm³/mol. The second-order valence-corrected chi connectivity index (χ2v) is 6.54. The number of carbonyl (C=O) groups is 1. The van der Waals surface area contributed by atoms with Gasteiger partial charge in [0.2, 0.25) is 5.89 Å². The largest absolute Gasteiger partial charge is 0.441 e. The molecule has 1 aliphatic heterocycles. The highest BCUT2D eigenvalue weighted by Gasteiger charge is 2.25. The lowest BCUT2D eigenvalue weighted by Gasteiger charge is -2.31. The number of oxazole rings is 1. The molecule has 0 bridgehead atoms. The highest BCUT2D eigenvalue weighted by molar-refractivity contribution is 5.94. The zero-order valence-electron chi connectivity index (χ0n) is 15.0. The third-order valence-corrected chi connectivity index (χ3v) is 4.38. The Morgan fingerprint density at radius 1 is 1.36 bits per heavy atom. The van der Waals surface area contributed by atoms with E-state index in [0.29, 0.717) is 25.0 Å². The molecule has 3 rings (SSSR count). The highest BCUT2D eigenvalue weighted by Crippen LogP contribution is 2.24. The molecule has 0 radical (unpaired) electrons. The quantitative estimate of drug-likeness (QED) is 0.903. The fourth-order valence-corrected chi connectivity index (χ4v) is 2.75. The summed E-state index contributed by atoms with van der Waals surface area (Å²) in [6.07, 6.45) is 1.34. The number of morpholine rings is 1. The van der Waals surface area contributed by atoms with E-state index in [2.05, 4.69) is 36.0 Å². The van der Waals surface area contributed by atoms with Gasteiger partial charge in [-0.1, -0.05) is 20.8 Å². The number of nitrogens with one attached hydrogen (secondary N) is 1. The fourth-order valence-electron chi connectivity index (χ4n) is 2.75. The summed E-state index contributed by atoms with van der Waals surface area (Å²) in [5.41, 5.74) is 1.62. The first-order chi connectivity index (χ1) is 12.1. The number of amides is 1. The summed E-state index contributed by atoms with van der Waals surface area (Å²) in [7, 11) is 0. The Balaban J connectivity index is 1.63. The molecular weight excluding hydrogens is 318 g/mol. The lowest BCUT2D eigenvalue weighted by molar-refractivity contribution is -0.132. The van der Waals surface area contributed by atoms with Gasteiger partial charge in [0.15, 0.2) is 0 Å². The van der Waals surface area contributed by atoms with Crippen LogP contribution in [0.15, 0.2) is 34.9 Å². The van der Waals surface area contributed by atoms with Gasteiger partial charge < -0.3 is 14.5 Å². The molecule has 1 N–H and O–H groups in total. The van der Waals surface area contributed by atoms with Crippen LogP contribution in [-0.4, -0.2) is 48.1 Å². The molecule has 0 saturated carbocycles. The number of anilines is 1. The normalized spacial score (nSPS) is 18.5. The average Bonchev–Trinajstić information content (AvgIpc) is 3.13. The van der Waals surface area contributed by atoms with Gasteiger partial charge in [0.05, 0.1) is 12.8 Å². The van der Waals surface area contributed by atoms with Crippen LogP contribution in [0.2, 0.25) is 0 Å². The summed E-state index contributed by atoms with van der Waals surface area (Å²) in [5.74, 6) is 1.65. The maximum atomic E-state index is 12.4. The topological polar surface area (TPSA) is 67.6 Å². The van der Waals surface area contributed by atoms with Gasteiger partial charge in [-0.25, -0.2) is 4.98 Å². The summed E-state index contributed by atoms with van der Waals surface area (Å²) in [6.45, 7) is 9.25. The molecule has 6 heteroatoms. The van der Waals surface area contributed by atoms with Gasteiger partial charge in [0, 0.05) is 30.3 Å². The zero-order valence-corrected chi connectivity index (χ0v) is 15.0. The van der Waals surface area contributed by atoms with Crippen LogP contribution in [0.3, 0.4) is 0 Å². The lowest BCUT2D eigenvalue weighted by Crippen LogP contribution is -2.47. The standard InChI is InChI=1S/C19H25N3O3/c1-4-22-9-10-24-17(12-22)18(23)21-15-7-5-14(6-8-15)19-20-11-16(25-19)13(2)3/h5-8,11,13,17H,4,9-10,12H2,1-3H3,(H,21,23)/t17-/m1/s1.